The molecule has 3 aromatic rings. The van der Waals surface area contributed by atoms with E-state index in [2.05, 4.69) is 5.10 Å². The maximum Gasteiger partial charge on any atom is 0.175 e. The van der Waals surface area contributed by atoms with Crippen LogP contribution in [0.4, 0.5) is 0 Å². The van der Waals surface area contributed by atoms with Crippen LogP contribution >= 0.6 is 0 Å². The van der Waals surface area contributed by atoms with E-state index in [1.807, 2.05) is 18.2 Å². The summed E-state index contributed by atoms with van der Waals surface area (Å²) >= 11 is 0. The summed E-state index contributed by atoms with van der Waals surface area (Å²) in [5, 5.41) is 23.1. The highest BCUT2D eigenvalue weighted by Gasteiger charge is 2.14. The van der Waals surface area contributed by atoms with Crippen molar-refractivity contribution in [1.29, 1.82) is 5.26 Å². The SMILES string of the molecule is CC(O)c1ccc(-n2nc(C#N)cc2-c2ccc(S(C)(=O)=O)cc2)cc1. The number of aromatic nitrogens is 2. The number of aliphatic hydroxyl groups is 1. The second kappa shape index (κ2) is 6.75. The first-order valence-electron chi connectivity index (χ1n) is 7.88. The van der Waals surface area contributed by atoms with Crippen molar-refractivity contribution in [1.82, 2.24) is 9.78 Å². The van der Waals surface area contributed by atoms with Crippen molar-refractivity contribution in [3.63, 3.8) is 0 Å². The van der Waals surface area contributed by atoms with Crippen LogP contribution in [0.1, 0.15) is 24.3 Å². The second-order valence-corrected chi connectivity index (χ2v) is 8.02. The summed E-state index contributed by atoms with van der Waals surface area (Å²) in [5.41, 5.74) is 3.18. The molecule has 0 amide bonds. The second-order valence-electron chi connectivity index (χ2n) is 6.00. The Balaban J connectivity index is 2.08. The van der Waals surface area contributed by atoms with E-state index in [4.69, 9.17) is 0 Å². The van der Waals surface area contributed by atoms with E-state index in [1.54, 1.807) is 41.9 Å². The molecule has 7 heteroatoms. The van der Waals surface area contributed by atoms with Crippen molar-refractivity contribution in [3.05, 3.63) is 65.9 Å². The predicted molar refractivity (Wildman–Crippen MR) is 97.5 cm³/mol. The van der Waals surface area contributed by atoms with E-state index in [9.17, 15) is 18.8 Å². The molecule has 1 heterocycles. The normalized spacial score (nSPS) is 12.5. The highest BCUT2D eigenvalue weighted by atomic mass is 32.2. The Bertz CT molecular complexity index is 1070. The number of rotatable bonds is 4. The van der Waals surface area contributed by atoms with Crippen LogP contribution in [0.15, 0.2) is 59.5 Å². The molecule has 1 aromatic heterocycles. The third kappa shape index (κ3) is 3.52. The fourth-order valence-corrected chi connectivity index (χ4v) is 3.24. The molecule has 6 nitrogen and oxygen atoms in total. The van der Waals surface area contributed by atoms with E-state index in [0.717, 1.165) is 23.1 Å². The molecule has 1 N–H and O–H groups in total. The van der Waals surface area contributed by atoms with Gasteiger partial charge in [0.25, 0.3) is 0 Å². The summed E-state index contributed by atoms with van der Waals surface area (Å²) < 4.78 is 24.9. The van der Waals surface area contributed by atoms with Gasteiger partial charge in [-0.3, -0.25) is 0 Å². The van der Waals surface area contributed by atoms with Crippen molar-refractivity contribution in [2.24, 2.45) is 0 Å². The molecule has 2 aromatic carbocycles. The molecule has 1 atom stereocenters. The lowest BCUT2D eigenvalue weighted by Crippen LogP contribution is -2.01. The van der Waals surface area contributed by atoms with Crippen molar-refractivity contribution in [2.45, 2.75) is 17.9 Å². The lowest BCUT2D eigenvalue weighted by atomic mass is 10.1. The zero-order valence-corrected chi connectivity index (χ0v) is 15.1. The Morgan fingerprint density at radius 3 is 2.23 bits per heavy atom. The highest BCUT2D eigenvalue weighted by Crippen LogP contribution is 2.26. The summed E-state index contributed by atoms with van der Waals surface area (Å²) in [7, 11) is -3.27. The molecule has 0 aliphatic rings. The summed E-state index contributed by atoms with van der Waals surface area (Å²) in [6.07, 6.45) is 0.586. The standard InChI is InChI=1S/C19H17N3O3S/c1-13(23)14-3-7-17(8-4-14)22-19(11-16(12-20)21-22)15-5-9-18(10-6-15)26(2,24)25/h3-11,13,23H,1-2H3. The molecule has 0 fully saturated rings. The van der Waals surface area contributed by atoms with E-state index in [1.165, 1.54) is 12.1 Å². The number of sulfone groups is 1. The third-order valence-corrected chi connectivity index (χ3v) is 5.15. The van der Waals surface area contributed by atoms with Gasteiger partial charge >= 0.3 is 0 Å². The van der Waals surface area contributed by atoms with Crippen LogP contribution in [0.3, 0.4) is 0 Å². The van der Waals surface area contributed by atoms with Gasteiger partial charge in [0.1, 0.15) is 6.07 Å². The fourth-order valence-electron chi connectivity index (χ4n) is 2.61. The maximum atomic E-state index is 11.6. The van der Waals surface area contributed by atoms with Gasteiger partial charge in [0.2, 0.25) is 0 Å². The lowest BCUT2D eigenvalue weighted by molar-refractivity contribution is 0.199. The number of nitrogens with zero attached hydrogens (tertiary/aromatic N) is 3. The Labute approximate surface area is 151 Å². The van der Waals surface area contributed by atoms with Gasteiger partial charge < -0.3 is 5.11 Å². The van der Waals surface area contributed by atoms with Gasteiger partial charge in [-0.2, -0.15) is 10.4 Å². The quantitative estimate of drug-likeness (QED) is 0.765. The molecule has 132 valence electrons. The molecular weight excluding hydrogens is 350 g/mol. The first-order chi connectivity index (χ1) is 12.3. The average molecular weight is 367 g/mol. The Kier molecular flexibility index (Phi) is 4.64. The summed E-state index contributed by atoms with van der Waals surface area (Å²) in [6.45, 7) is 1.69. The highest BCUT2D eigenvalue weighted by molar-refractivity contribution is 7.90. The van der Waals surface area contributed by atoms with Gasteiger partial charge in [0.05, 0.1) is 22.4 Å². The van der Waals surface area contributed by atoms with Gasteiger partial charge in [-0.05, 0) is 36.8 Å². The van der Waals surface area contributed by atoms with Crippen molar-refractivity contribution >= 4 is 9.84 Å². The third-order valence-electron chi connectivity index (χ3n) is 4.02. The van der Waals surface area contributed by atoms with Crippen LogP contribution in [0, 0.1) is 11.3 Å². The Hall–Kier alpha value is -2.95. The minimum atomic E-state index is -3.27. The van der Waals surface area contributed by atoms with Crippen molar-refractivity contribution in [3.8, 4) is 23.0 Å². The first kappa shape index (κ1) is 17.9. The van der Waals surface area contributed by atoms with Crippen LogP contribution < -0.4 is 0 Å². The van der Waals surface area contributed by atoms with Gasteiger partial charge in [-0.25, -0.2) is 13.1 Å². The molecule has 26 heavy (non-hydrogen) atoms. The molecule has 3 rings (SSSR count). The summed E-state index contributed by atoms with van der Waals surface area (Å²) in [6, 6.07) is 17.3. The minimum Gasteiger partial charge on any atom is -0.389 e. The molecule has 0 aliphatic carbocycles. The van der Waals surface area contributed by atoms with Crippen LogP contribution in [0.25, 0.3) is 16.9 Å². The van der Waals surface area contributed by atoms with Crippen molar-refractivity contribution in [2.75, 3.05) is 6.26 Å². The maximum absolute atomic E-state index is 11.6. The van der Waals surface area contributed by atoms with Crippen LogP contribution in [0.5, 0.6) is 0 Å². The van der Waals surface area contributed by atoms with Gasteiger partial charge in [0, 0.05) is 17.9 Å². The molecule has 1 unspecified atom stereocenters. The van der Waals surface area contributed by atoms with Gasteiger partial charge in [-0.1, -0.05) is 24.3 Å². The Morgan fingerprint density at radius 1 is 1.12 bits per heavy atom. The molecule has 0 radical (unpaired) electrons. The van der Waals surface area contributed by atoms with Crippen LogP contribution in [-0.2, 0) is 9.84 Å². The largest absolute Gasteiger partial charge is 0.389 e. The van der Waals surface area contributed by atoms with E-state index in [0.29, 0.717) is 5.69 Å². The van der Waals surface area contributed by atoms with Gasteiger partial charge in [0.15, 0.2) is 15.5 Å². The zero-order valence-electron chi connectivity index (χ0n) is 14.3. The van der Waals surface area contributed by atoms with Gasteiger partial charge in [-0.15, -0.1) is 0 Å². The monoisotopic (exact) mass is 367 g/mol. The summed E-state index contributed by atoms with van der Waals surface area (Å²) in [5.74, 6) is 0. The average Bonchev–Trinajstić information content (AvgIpc) is 3.05. The molecule has 0 saturated heterocycles. The van der Waals surface area contributed by atoms with E-state index < -0.39 is 15.9 Å². The number of benzene rings is 2. The molecule has 0 aliphatic heterocycles. The first-order valence-corrected chi connectivity index (χ1v) is 9.78. The zero-order chi connectivity index (χ0) is 18.9. The number of hydrogen-bond donors (Lipinski definition) is 1. The van der Waals surface area contributed by atoms with E-state index >= 15 is 0 Å². The molecule has 0 spiro atoms. The van der Waals surface area contributed by atoms with Crippen LogP contribution in [-0.4, -0.2) is 29.6 Å². The predicted octanol–water partition coefficient (Wildman–Crippen LogP) is 2.87. The van der Waals surface area contributed by atoms with E-state index in [-0.39, 0.29) is 10.6 Å². The number of nitriles is 1. The molecular formula is C19H17N3O3S. The van der Waals surface area contributed by atoms with Crippen molar-refractivity contribution < 1.29 is 13.5 Å². The topological polar surface area (TPSA) is 96.0 Å². The van der Waals surface area contributed by atoms with Crippen LogP contribution in [0.2, 0.25) is 0 Å². The Morgan fingerprint density at radius 2 is 1.73 bits per heavy atom. The smallest absolute Gasteiger partial charge is 0.175 e. The number of aliphatic hydroxyl groups excluding tert-OH is 1. The minimum absolute atomic E-state index is 0.231. The molecule has 0 saturated carbocycles. The fraction of sp³-hybridized carbons (Fsp3) is 0.158. The lowest BCUT2D eigenvalue weighted by Gasteiger charge is -2.10. The number of hydrogen-bond acceptors (Lipinski definition) is 5. The summed E-state index contributed by atoms with van der Waals surface area (Å²) in [4.78, 5) is 0.231. The molecule has 0 bridgehead atoms.